The van der Waals surface area contributed by atoms with Gasteiger partial charge in [0, 0.05) is 17.1 Å². The number of amides is 3. The van der Waals surface area contributed by atoms with Gasteiger partial charge in [0.2, 0.25) is 0 Å². The van der Waals surface area contributed by atoms with Gasteiger partial charge in [-0.15, -0.1) is 0 Å². The summed E-state index contributed by atoms with van der Waals surface area (Å²) in [5, 5.41) is 2.56. The summed E-state index contributed by atoms with van der Waals surface area (Å²) in [5.41, 5.74) is 3.17. The molecule has 1 N–H and O–H groups in total. The van der Waals surface area contributed by atoms with Crippen LogP contribution in [0, 0.1) is 6.92 Å². The molecule has 0 spiro atoms. The molecule has 25 heavy (non-hydrogen) atoms. The molecule has 1 heterocycles. The van der Waals surface area contributed by atoms with E-state index in [2.05, 4.69) is 27.3 Å². The van der Waals surface area contributed by atoms with Crippen LogP contribution in [-0.4, -0.2) is 23.9 Å². The van der Waals surface area contributed by atoms with E-state index < -0.39 is 6.03 Å². The number of imide groups is 1. The number of ether oxygens (including phenoxy) is 1. The molecule has 0 radical (unpaired) electrons. The van der Waals surface area contributed by atoms with E-state index in [0.717, 1.165) is 14.9 Å². The van der Waals surface area contributed by atoms with Gasteiger partial charge in [0.1, 0.15) is 18.1 Å². The fourth-order valence-electron chi connectivity index (χ4n) is 2.51. The molecule has 5 nitrogen and oxygen atoms in total. The molecule has 0 aromatic heterocycles. The first-order valence-electron chi connectivity index (χ1n) is 7.72. The fraction of sp³-hybridized carbons (Fsp3) is 0.158. The van der Waals surface area contributed by atoms with E-state index in [0.29, 0.717) is 17.9 Å². The van der Waals surface area contributed by atoms with E-state index in [1.54, 1.807) is 6.08 Å². The summed E-state index contributed by atoms with van der Waals surface area (Å²) in [4.78, 5) is 24.7. The molecule has 6 heteroatoms. The second-order valence-corrected chi connectivity index (χ2v) is 6.73. The molecule has 3 amide bonds. The fourth-order valence-corrected chi connectivity index (χ4v) is 2.88. The van der Waals surface area contributed by atoms with Crippen molar-refractivity contribution in [1.29, 1.82) is 0 Å². The van der Waals surface area contributed by atoms with Crippen molar-refractivity contribution in [1.82, 2.24) is 10.2 Å². The number of nitrogens with one attached hydrogen (secondary N) is 1. The maximum atomic E-state index is 12.1. The highest BCUT2D eigenvalue weighted by Crippen LogP contribution is 2.27. The molecule has 0 saturated carbocycles. The van der Waals surface area contributed by atoms with Crippen LogP contribution < -0.4 is 10.1 Å². The number of urea groups is 1. The molecule has 0 unspecified atom stereocenters. The number of rotatable bonds is 4. The van der Waals surface area contributed by atoms with Gasteiger partial charge in [-0.05, 0) is 36.8 Å². The monoisotopic (exact) mass is 400 g/mol. The molecule has 128 valence electrons. The Balaban J connectivity index is 1.86. The number of hydrogen-bond acceptors (Lipinski definition) is 3. The molecular formula is C19H17BrN2O3. The zero-order valence-electron chi connectivity index (χ0n) is 13.9. The van der Waals surface area contributed by atoms with Crippen molar-refractivity contribution in [2.45, 2.75) is 13.5 Å². The van der Waals surface area contributed by atoms with Crippen molar-refractivity contribution in [3.8, 4) is 5.75 Å². The number of benzene rings is 2. The van der Waals surface area contributed by atoms with Crippen molar-refractivity contribution in [2.24, 2.45) is 0 Å². The lowest BCUT2D eigenvalue weighted by Crippen LogP contribution is -2.25. The summed E-state index contributed by atoms with van der Waals surface area (Å²) in [6, 6.07) is 13.2. The van der Waals surface area contributed by atoms with Crippen LogP contribution >= 0.6 is 15.9 Å². The van der Waals surface area contributed by atoms with Gasteiger partial charge >= 0.3 is 6.03 Å². The molecule has 1 aliphatic heterocycles. The van der Waals surface area contributed by atoms with Gasteiger partial charge < -0.3 is 10.1 Å². The SMILES string of the molecule is Cc1cccc(COc2ccc(Br)cc2/C=C2/NC(=O)N(C)C2=O)c1. The second-order valence-electron chi connectivity index (χ2n) is 5.81. The van der Waals surface area contributed by atoms with Gasteiger partial charge in [0.15, 0.2) is 0 Å². The smallest absolute Gasteiger partial charge is 0.328 e. The van der Waals surface area contributed by atoms with Crippen LogP contribution in [-0.2, 0) is 11.4 Å². The van der Waals surface area contributed by atoms with E-state index in [-0.39, 0.29) is 11.6 Å². The van der Waals surface area contributed by atoms with E-state index >= 15 is 0 Å². The highest BCUT2D eigenvalue weighted by Gasteiger charge is 2.30. The van der Waals surface area contributed by atoms with Gasteiger partial charge in [-0.1, -0.05) is 45.8 Å². The van der Waals surface area contributed by atoms with Gasteiger partial charge in [0.05, 0.1) is 0 Å². The minimum Gasteiger partial charge on any atom is -0.488 e. The lowest BCUT2D eigenvalue weighted by Gasteiger charge is -2.11. The Morgan fingerprint density at radius 1 is 1.20 bits per heavy atom. The van der Waals surface area contributed by atoms with Crippen LogP contribution in [0.2, 0.25) is 0 Å². The molecule has 0 atom stereocenters. The van der Waals surface area contributed by atoms with E-state index in [1.807, 2.05) is 43.3 Å². The lowest BCUT2D eigenvalue weighted by atomic mass is 10.1. The van der Waals surface area contributed by atoms with Crippen molar-refractivity contribution in [2.75, 3.05) is 7.05 Å². The first-order chi connectivity index (χ1) is 11.9. The van der Waals surface area contributed by atoms with Crippen molar-refractivity contribution in [3.63, 3.8) is 0 Å². The zero-order chi connectivity index (χ0) is 18.0. The van der Waals surface area contributed by atoms with Crippen LogP contribution in [0.4, 0.5) is 4.79 Å². The third kappa shape index (κ3) is 3.91. The highest BCUT2D eigenvalue weighted by molar-refractivity contribution is 9.10. The van der Waals surface area contributed by atoms with Crippen molar-refractivity contribution >= 4 is 33.9 Å². The van der Waals surface area contributed by atoms with E-state index in [4.69, 9.17) is 4.74 Å². The number of nitrogens with zero attached hydrogens (tertiary/aromatic N) is 1. The highest BCUT2D eigenvalue weighted by atomic mass is 79.9. The summed E-state index contributed by atoms with van der Waals surface area (Å²) in [6.45, 7) is 2.45. The molecule has 1 saturated heterocycles. The number of aryl methyl sites for hydroxylation is 1. The molecule has 1 aliphatic rings. The molecular weight excluding hydrogens is 384 g/mol. The number of carbonyl (C=O) groups is 2. The number of halogens is 1. The summed E-state index contributed by atoms with van der Waals surface area (Å²) < 4.78 is 6.78. The van der Waals surface area contributed by atoms with Gasteiger partial charge in [0.25, 0.3) is 5.91 Å². The maximum absolute atomic E-state index is 12.1. The van der Waals surface area contributed by atoms with Crippen LogP contribution in [0.1, 0.15) is 16.7 Å². The Bertz CT molecular complexity index is 877. The largest absolute Gasteiger partial charge is 0.488 e. The van der Waals surface area contributed by atoms with Gasteiger partial charge in [-0.2, -0.15) is 0 Å². The second kappa shape index (κ2) is 7.11. The standard InChI is InChI=1S/C19H17BrN2O3/c1-12-4-3-5-13(8-12)11-25-17-7-6-15(20)9-14(17)10-16-18(23)22(2)19(24)21-16/h3-10H,11H2,1-2H3,(H,21,24)/b16-10+. The molecule has 2 aromatic carbocycles. The average Bonchev–Trinajstić information content (AvgIpc) is 2.81. The third-order valence-corrected chi connectivity index (χ3v) is 4.32. The zero-order valence-corrected chi connectivity index (χ0v) is 15.5. The molecule has 1 fully saturated rings. The molecule has 0 bridgehead atoms. The minimum atomic E-state index is -0.437. The predicted octanol–water partition coefficient (Wildman–Crippen LogP) is 3.86. The minimum absolute atomic E-state index is 0.228. The quantitative estimate of drug-likeness (QED) is 0.625. The molecule has 3 rings (SSSR count). The Hall–Kier alpha value is -2.60. The van der Waals surface area contributed by atoms with Crippen molar-refractivity contribution in [3.05, 3.63) is 69.3 Å². The summed E-state index contributed by atoms with van der Waals surface area (Å²) in [7, 11) is 1.44. The maximum Gasteiger partial charge on any atom is 0.328 e. The van der Waals surface area contributed by atoms with Crippen LogP contribution in [0.3, 0.4) is 0 Å². The van der Waals surface area contributed by atoms with Crippen LogP contribution in [0.5, 0.6) is 5.75 Å². The summed E-state index contributed by atoms with van der Waals surface area (Å²) in [5.74, 6) is 0.267. The predicted molar refractivity (Wildman–Crippen MR) is 98.9 cm³/mol. The first-order valence-corrected chi connectivity index (χ1v) is 8.52. The lowest BCUT2D eigenvalue weighted by molar-refractivity contribution is -0.121. The summed E-state index contributed by atoms with van der Waals surface area (Å²) in [6.07, 6.45) is 1.63. The number of hydrogen-bond donors (Lipinski definition) is 1. The molecule has 2 aromatic rings. The van der Waals surface area contributed by atoms with Crippen molar-refractivity contribution < 1.29 is 14.3 Å². The normalized spacial score (nSPS) is 15.6. The Morgan fingerprint density at radius 2 is 2.00 bits per heavy atom. The van der Waals surface area contributed by atoms with Crippen LogP contribution in [0.15, 0.2) is 52.6 Å². The first kappa shape index (κ1) is 17.2. The molecule has 0 aliphatic carbocycles. The third-order valence-electron chi connectivity index (χ3n) is 3.83. The Morgan fingerprint density at radius 3 is 2.68 bits per heavy atom. The van der Waals surface area contributed by atoms with Gasteiger partial charge in [-0.3, -0.25) is 9.69 Å². The Kier molecular flexibility index (Phi) is 4.90. The number of carbonyl (C=O) groups excluding carboxylic acids is 2. The summed E-state index contributed by atoms with van der Waals surface area (Å²) >= 11 is 3.42. The number of likely N-dealkylation sites (N-methyl/N-ethyl adjacent to an activating group) is 1. The van der Waals surface area contributed by atoms with E-state index in [1.165, 1.54) is 12.6 Å². The topological polar surface area (TPSA) is 58.6 Å². The Labute approximate surface area is 154 Å². The average molecular weight is 401 g/mol. The van der Waals surface area contributed by atoms with E-state index in [9.17, 15) is 9.59 Å². The van der Waals surface area contributed by atoms with Gasteiger partial charge in [-0.25, -0.2) is 4.79 Å². The van der Waals surface area contributed by atoms with Crippen LogP contribution in [0.25, 0.3) is 6.08 Å².